The van der Waals surface area contributed by atoms with E-state index in [1.54, 1.807) is 23.9 Å². The Labute approximate surface area is 259 Å². The van der Waals surface area contributed by atoms with Crippen LogP contribution in [-0.2, 0) is 17.8 Å². The van der Waals surface area contributed by atoms with Gasteiger partial charge in [-0.15, -0.1) is 0 Å². The van der Waals surface area contributed by atoms with E-state index in [1.165, 1.54) is 92.8 Å². The first kappa shape index (κ1) is 28.9. The number of carbonyl (C=O) groups excluding carboxylic acids is 1. The molecule has 2 aliphatic rings. The molecule has 3 nitrogen and oxygen atoms in total. The number of hydrogen-bond donors (Lipinski definition) is 1. The Morgan fingerprint density at radius 3 is 2.31 bits per heavy atom. The highest BCUT2D eigenvalue weighted by atomic mass is 32.2. The number of carbonyl (C=O) groups is 1. The molecule has 5 heteroatoms. The van der Waals surface area contributed by atoms with E-state index in [1.807, 2.05) is 0 Å². The first-order valence-electron chi connectivity index (χ1n) is 15.1. The van der Waals surface area contributed by atoms with E-state index in [4.69, 9.17) is 0 Å². The summed E-state index contributed by atoms with van der Waals surface area (Å²) in [4.78, 5) is 13.1. The van der Waals surface area contributed by atoms with Crippen LogP contribution in [0.15, 0.2) is 71.6 Å². The van der Waals surface area contributed by atoms with Crippen LogP contribution in [0.1, 0.15) is 71.4 Å². The number of nitrogens with zero attached hydrogens (tertiary/aromatic N) is 1. The molecule has 4 aromatic rings. The van der Waals surface area contributed by atoms with Crippen LogP contribution in [-0.4, -0.2) is 12.5 Å². The second-order valence-corrected chi connectivity index (χ2v) is 13.4. The van der Waals surface area contributed by atoms with Gasteiger partial charge in [-0.2, -0.15) is 0 Å². The molecule has 1 N–H and O–H groups in total. The zero-order chi connectivity index (χ0) is 29.2. The minimum absolute atomic E-state index is 0.413. The first-order valence-corrected chi connectivity index (χ1v) is 17.1. The molecule has 1 fully saturated rings. The number of hydrogen-bond acceptors (Lipinski definition) is 5. The minimum atomic E-state index is 0.413. The van der Waals surface area contributed by atoms with E-state index >= 15 is 0 Å². The van der Waals surface area contributed by atoms with Crippen molar-refractivity contribution in [2.24, 2.45) is 0 Å². The van der Waals surface area contributed by atoms with Crippen molar-refractivity contribution in [2.45, 2.75) is 76.7 Å². The largest absolute Gasteiger partial charge is 0.326 e. The standard InChI is InChI=1S/C37H40N2OS2/c1-24-10-12-29(13-11-24)35-26(3)36-34-22-31(38-42-32-18-15-28(16-19-32)27-8-6-5-7-9-27)17-14-30(34)23-39(41-4)37(36)25(2)33(35)20-21-40/h10-19,21-22,27,38H,5-9,20,23H2,1-4H3. The highest BCUT2D eigenvalue weighted by Crippen LogP contribution is 2.50. The number of benzene rings is 4. The fourth-order valence-corrected chi connectivity index (χ4v) is 8.21. The second kappa shape index (κ2) is 12.6. The molecule has 1 aliphatic carbocycles. The van der Waals surface area contributed by atoms with Gasteiger partial charge < -0.3 is 13.8 Å². The molecule has 0 unspecified atom stereocenters. The van der Waals surface area contributed by atoms with Crippen molar-refractivity contribution in [1.82, 2.24) is 0 Å². The lowest BCUT2D eigenvalue weighted by molar-refractivity contribution is -0.107. The zero-order valence-corrected chi connectivity index (χ0v) is 26.8. The molecular formula is C37H40N2OS2. The van der Waals surface area contributed by atoms with Gasteiger partial charge >= 0.3 is 0 Å². The molecule has 0 aromatic heterocycles. The van der Waals surface area contributed by atoms with Crippen LogP contribution in [0.4, 0.5) is 11.4 Å². The smallest absolute Gasteiger partial charge is 0.124 e. The monoisotopic (exact) mass is 592 g/mol. The third-order valence-corrected chi connectivity index (χ3v) is 10.7. The molecule has 6 rings (SSSR count). The molecule has 1 aliphatic heterocycles. The third kappa shape index (κ3) is 5.61. The van der Waals surface area contributed by atoms with Gasteiger partial charge in [0.25, 0.3) is 0 Å². The number of aldehydes is 1. The summed E-state index contributed by atoms with van der Waals surface area (Å²) in [6, 6.07) is 24.7. The average molecular weight is 593 g/mol. The number of nitrogens with one attached hydrogen (secondary N) is 1. The molecule has 0 amide bonds. The summed E-state index contributed by atoms with van der Waals surface area (Å²) in [5, 5.41) is 0. The summed E-state index contributed by atoms with van der Waals surface area (Å²) < 4.78 is 6.03. The Balaban J connectivity index is 1.36. The first-order chi connectivity index (χ1) is 20.5. The summed E-state index contributed by atoms with van der Waals surface area (Å²) in [6.07, 6.45) is 10.4. The van der Waals surface area contributed by atoms with Gasteiger partial charge in [-0.25, -0.2) is 0 Å². The van der Waals surface area contributed by atoms with E-state index in [2.05, 4.69) is 103 Å². The van der Waals surface area contributed by atoms with E-state index in [0.29, 0.717) is 6.42 Å². The maximum absolute atomic E-state index is 11.9. The highest BCUT2D eigenvalue weighted by Gasteiger charge is 2.30. The number of aryl methyl sites for hydroxylation is 1. The summed E-state index contributed by atoms with van der Waals surface area (Å²) in [7, 11) is 0. The lowest BCUT2D eigenvalue weighted by atomic mass is 9.81. The SMILES string of the molecule is CSN1Cc2ccc(NSc3ccc(C4CCCCC4)cc3)cc2-c2c(C)c(-c3ccc(C)cc3)c(CC=O)c(C)c21. The zero-order valence-electron chi connectivity index (χ0n) is 25.1. The van der Waals surface area contributed by atoms with Crippen LogP contribution < -0.4 is 9.03 Å². The Hall–Kier alpha value is -3.15. The van der Waals surface area contributed by atoms with Crippen LogP contribution in [0.2, 0.25) is 0 Å². The lowest BCUT2D eigenvalue weighted by Gasteiger charge is -2.36. The highest BCUT2D eigenvalue weighted by molar-refractivity contribution is 8.00. The van der Waals surface area contributed by atoms with Crippen molar-refractivity contribution < 1.29 is 4.79 Å². The topological polar surface area (TPSA) is 32.3 Å². The number of fused-ring (bicyclic) bond motifs is 3. The Morgan fingerprint density at radius 2 is 1.62 bits per heavy atom. The quantitative estimate of drug-likeness (QED) is 0.163. The average Bonchev–Trinajstić information content (AvgIpc) is 3.03. The maximum Gasteiger partial charge on any atom is 0.124 e. The fourth-order valence-electron chi connectivity index (χ4n) is 6.90. The van der Waals surface area contributed by atoms with Gasteiger partial charge in [-0.3, -0.25) is 0 Å². The van der Waals surface area contributed by atoms with Crippen LogP contribution in [0.3, 0.4) is 0 Å². The van der Waals surface area contributed by atoms with Crippen LogP contribution in [0, 0.1) is 20.8 Å². The van der Waals surface area contributed by atoms with Gasteiger partial charge in [0, 0.05) is 28.8 Å². The molecule has 1 saturated carbocycles. The minimum Gasteiger partial charge on any atom is -0.326 e. The van der Waals surface area contributed by atoms with Gasteiger partial charge in [0.2, 0.25) is 0 Å². The summed E-state index contributed by atoms with van der Waals surface area (Å²) in [6.45, 7) is 7.38. The maximum atomic E-state index is 11.9. The molecule has 216 valence electrons. The molecule has 0 radical (unpaired) electrons. The molecule has 42 heavy (non-hydrogen) atoms. The Bertz CT molecular complexity index is 1590. The van der Waals surface area contributed by atoms with Crippen LogP contribution in [0.25, 0.3) is 22.3 Å². The van der Waals surface area contributed by atoms with Gasteiger partial charge in [0.15, 0.2) is 0 Å². The van der Waals surface area contributed by atoms with Crippen molar-refractivity contribution in [3.05, 3.63) is 100 Å². The molecule has 0 spiro atoms. The van der Waals surface area contributed by atoms with Crippen molar-refractivity contribution in [3.63, 3.8) is 0 Å². The fraction of sp³-hybridized carbons (Fsp3) is 0.324. The number of rotatable bonds is 8. The second-order valence-electron chi connectivity index (χ2n) is 11.8. The lowest BCUT2D eigenvalue weighted by Crippen LogP contribution is -2.22. The molecule has 0 bridgehead atoms. The number of anilines is 2. The van der Waals surface area contributed by atoms with Crippen molar-refractivity contribution in [1.29, 1.82) is 0 Å². The van der Waals surface area contributed by atoms with Crippen LogP contribution >= 0.6 is 23.9 Å². The van der Waals surface area contributed by atoms with E-state index < -0.39 is 0 Å². The van der Waals surface area contributed by atoms with Crippen molar-refractivity contribution >= 4 is 41.6 Å². The van der Waals surface area contributed by atoms with Gasteiger partial charge in [-0.05, 0) is 120 Å². The summed E-state index contributed by atoms with van der Waals surface area (Å²) in [5.74, 6) is 0.732. The summed E-state index contributed by atoms with van der Waals surface area (Å²) >= 11 is 3.43. The van der Waals surface area contributed by atoms with Crippen LogP contribution in [0.5, 0.6) is 0 Å². The predicted octanol–water partition coefficient (Wildman–Crippen LogP) is 10.5. The van der Waals surface area contributed by atoms with Gasteiger partial charge in [0.1, 0.15) is 6.29 Å². The Kier molecular flexibility index (Phi) is 8.69. The molecule has 1 heterocycles. The summed E-state index contributed by atoms with van der Waals surface area (Å²) in [5.41, 5.74) is 14.9. The normalized spacial score (nSPS) is 14.8. The van der Waals surface area contributed by atoms with E-state index in [0.717, 1.165) is 30.0 Å². The van der Waals surface area contributed by atoms with Gasteiger partial charge in [0.05, 0.1) is 12.2 Å². The molecular weight excluding hydrogens is 553 g/mol. The molecule has 4 aromatic carbocycles. The molecule has 0 atom stereocenters. The van der Waals surface area contributed by atoms with E-state index in [-0.39, 0.29) is 0 Å². The third-order valence-electron chi connectivity index (χ3n) is 9.13. The van der Waals surface area contributed by atoms with Crippen molar-refractivity contribution in [3.8, 4) is 22.3 Å². The van der Waals surface area contributed by atoms with Crippen molar-refractivity contribution in [2.75, 3.05) is 15.3 Å². The predicted molar refractivity (Wildman–Crippen MR) is 183 cm³/mol. The van der Waals surface area contributed by atoms with Gasteiger partial charge in [-0.1, -0.05) is 79.2 Å². The Morgan fingerprint density at radius 1 is 0.881 bits per heavy atom. The van der Waals surface area contributed by atoms with E-state index in [9.17, 15) is 4.79 Å². The molecule has 0 saturated heterocycles.